The standard InChI is InChI=1S/C23H23ClN6O4/c1-4-14-9-25-30(11-14)19(16-7-5-6-8-17(16)24)13(2)21-28-18(20(31)23(33)29(21)3)22(32)27-15-10-26-34-12-15/h5-13,19,31H,4H2,1-3H3,(H,27,32)/t13-,19-/m0/s1. The van der Waals surface area contributed by atoms with E-state index in [2.05, 4.69) is 20.6 Å². The Labute approximate surface area is 199 Å². The highest BCUT2D eigenvalue weighted by atomic mass is 35.5. The Morgan fingerprint density at radius 3 is 2.71 bits per heavy atom. The number of carbonyl (C=O) groups excluding carboxylic acids is 1. The first-order chi connectivity index (χ1) is 16.3. The Morgan fingerprint density at radius 2 is 2.06 bits per heavy atom. The number of nitrogens with one attached hydrogen (secondary N) is 1. The van der Waals surface area contributed by atoms with Gasteiger partial charge in [0.1, 0.15) is 17.8 Å². The molecule has 1 aromatic carbocycles. The van der Waals surface area contributed by atoms with Gasteiger partial charge in [-0.1, -0.05) is 48.8 Å². The summed E-state index contributed by atoms with van der Waals surface area (Å²) in [5.41, 5.74) is 0.920. The minimum Gasteiger partial charge on any atom is -0.501 e. The molecule has 0 bridgehead atoms. The number of benzene rings is 1. The summed E-state index contributed by atoms with van der Waals surface area (Å²) in [6.07, 6.45) is 7.00. The molecule has 0 unspecified atom stereocenters. The smallest absolute Gasteiger partial charge is 0.296 e. The number of hydrogen-bond donors (Lipinski definition) is 2. The highest BCUT2D eigenvalue weighted by Gasteiger charge is 2.31. The van der Waals surface area contributed by atoms with Gasteiger partial charge in [0.15, 0.2) is 5.69 Å². The highest BCUT2D eigenvalue weighted by molar-refractivity contribution is 6.31. The molecular weight excluding hydrogens is 460 g/mol. The quantitative estimate of drug-likeness (QED) is 0.412. The van der Waals surface area contributed by atoms with Gasteiger partial charge in [-0.15, -0.1) is 0 Å². The largest absolute Gasteiger partial charge is 0.501 e. The van der Waals surface area contributed by atoms with Gasteiger partial charge < -0.3 is 14.9 Å². The van der Waals surface area contributed by atoms with Crippen LogP contribution in [0.25, 0.3) is 0 Å². The van der Waals surface area contributed by atoms with Crippen LogP contribution < -0.4 is 10.9 Å². The van der Waals surface area contributed by atoms with E-state index in [0.29, 0.717) is 5.02 Å². The maximum absolute atomic E-state index is 12.8. The minimum atomic E-state index is -0.770. The topological polar surface area (TPSA) is 128 Å². The summed E-state index contributed by atoms with van der Waals surface area (Å²) in [6, 6.07) is 6.92. The Hall–Kier alpha value is -3.92. The van der Waals surface area contributed by atoms with Crippen LogP contribution in [0.3, 0.4) is 0 Å². The van der Waals surface area contributed by atoms with Gasteiger partial charge in [0.25, 0.3) is 11.5 Å². The van der Waals surface area contributed by atoms with Crippen molar-refractivity contribution in [1.29, 1.82) is 0 Å². The number of amides is 1. The summed E-state index contributed by atoms with van der Waals surface area (Å²) in [7, 11) is 1.49. The summed E-state index contributed by atoms with van der Waals surface area (Å²) in [5.74, 6) is -1.72. The number of nitrogens with zero attached hydrogens (tertiary/aromatic N) is 5. The SMILES string of the molecule is CCc1cnn([C@H](c2ccccc2Cl)[C@H](C)c2nc(C(=O)Nc3cnoc3)c(O)c(=O)n2C)c1. The van der Waals surface area contributed by atoms with Crippen LogP contribution >= 0.6 is 11.6 Å². The van der Waals surface area contributed by atoms with Crippen LogP contribution in [0.2, 0.25) is 5.02 Å². The van der Waals surface area contributed by atoms with Crippen molar-refractivity contribution in [1.82, 2.24) is 24.5 Å². The second kappa shape index (κ2) is 9.52. The van der Waals surface area contributed by atoms with Crippen molar-refractivity contribution in [3.63, 3.8) is 0 Å². The van der Waals surface area contributed by atoms with Crippen molar-refractivity contribution < 1.29 is 14.4 Å². The van der Waals surface area contributed by atoms with Crippen LogP contribution in [0.5, 0.6) is 5.75 Å². The molecule has 3 heterocycles. The van der Waals surface area contributed by atoms with Crippen LogP contribution in [0, 0.1) is 0 Å². The third kappa shape index (κ3) is 4.32. The molecule has 34 heavy (non-hydrogen) atoms. The molecule has 0 radical (unpaired) electrons. The molecule has 0 saturated heterocycles. The van der Waals surface area contributed by atoms with E-state index in [4.69, 9.17) is 16.1 Å². The van der Waals surface area contributed by atoms with Crippen LogP contribution in [-0.2, 0) is 13.5 Å². The number of carbonyl (C=O) groups is 1. The Balaban J connectivity index is 1.83. The fourth-order valence-corrected chi connectivity index (χ4v) is 4.09. The lowest BCUT2D eigenvalue weighted by atomic mass is 9.93. The highest BCUT2D eigenvalue weighted by Crippen LogP contribution is 2.36. The maximum atomic E-state index is 12.8. The van der Waals surface area contributed by atoms with Gasteiger partial charge in [0.05, 0.1) is 18.4 Å². The van der Waals surface area contributed by atoms with E-state index < -0.39 is 34.9 Å². The molecule has 11 heteroatoms. The fraction of sp³-hybridized carbons (Fsp3) is 0.261. The summed E-state index contributed by atoms with van der Waals surface area (Å²) in [4.78, 5) is 30.0. The predicted octanol–water partition coefficient (Wildman–Crippen LogP) is 3.53. The maximum Gasteiger partial charge on any atom is 0.296 e. The summed E-state index contributed by atoms with van der Waals surface area (Å²) < 4.78 is 7.71. The van der Waals surface area contributed by atoms with Gasteiger partial charge >= 0.3 is 0 Å². The average molecular weight is 483 g/mol. The lowest BCUT2D eigenvalue weighted by Gasteiger charge is -2.27. The van der Waals surface area contributed by atoms with Gasteiger partial charge in [-0.2, -0.15) is 5.10 Å². The van der Waals surface area contributed by atoms with E-state index in [1.165, 1.54) is 24.1 Å². The van der Waals surface area contributed by atoms with E-state index >= 15 is 0 Å². The number of rotatable bonds is 7. The lowest BCUT2D eigenvalue weighted by molar-refractivity contribution is 0.101. The third-order valence-electron chi connectivity index (χ3n) is 5.66. The molecule has 0 aliphatic rings. The predicted molar refractivity (Wildman–Crippen MR) is 125 cm³/mol. The van der Waals surface area contributed by atoms with Crippen molar-refractivity contribution in [2.24, 2.45) is 7.05 Å². The molecular formula is C23H23ClN6O4. The Kier molecular flexibility index (Phi) is 6.51. The molecule has 2 atom stereocenters. The number of aryl methyl sites for hydroxylation is 1. The molecule has 4 aromatic rings. The molecule has 4 rings (SSSR count). The van der Waals surface area contributed by atoms with Gasteiger partial charge in [-0.25, -0.2) is 4.98 Å². The monoisotopic (exact) mass is 482 g/mol. The van der Waals surface area contributed by atoms with E-state index in [1.54, 1.807) is 16.9 Å². The van der Waals surface area contributed by atoms with Crippen molar-refractivity contribution in [2.75, 3.05) is 5.32 Å². The minimum absolute atomic E-state index is 0.263. The van der Waals surface area contributed by atoms with E-state index in [9.17, 15) is 14.7 Å². The van der Waals surface area contributed by atoms with Gasteiger partial charge in [-0.05, 0) is 23.6 Å². The first-order valence-corrected chi connectivity index (χ1v) is 11.0. The van der Waals surface area contributed by atoms with Crippen LogP contribution in [0.4, 0.5) is 5.69 Å². The second-order valence-electron chi connectivity index (χ2n) is 7.84. The van der Waals surface area contributed by atoms with Crippen molar-refractivity contribution in [3.8, 4) is 5.75 Å². The molecule has 0 aliphatic heterocycles. The second-order valence-corrected chi connectivity index (χ2v) is 8.24. The fourth-order valence-electron chi connectivity index (χ4n) is 3.84. The van der Waals surface area contributed by atoms with Gasteiger partial charge in [-0.3, -0.25) is 18.8 Å². The average Bonchev–Trinajstić information content (AvgIpc) is 3.51. The summed E-state index contributed by atoms with van der Waals surface area (Å²) in [6.45, 7) is 3.89. The van der Waals surface area contributed by atoms with Gasteiger partial charge in [0.2, 0.25) is 5.75 Å². The van der Waals surface area contributed by atoms with Gasteiger partial charge in [0, 0.05) is 24.2 Å². The Morgan fingerprint density at radius 1 is 1.29 bits per heavy atom. The van der Waals surface area contributed by atoms with Crippen molar-refractivity contribution in [3.05, 3.63) is 87.1 Å². The number of hydrogen-bond acceptors (Lipinski definition) is 7. The molecule has 0 fully saturated rings. The lowest BCUT2D eigenvalue weighted by Crippen LogP contribution is -2.30. The molecule has 0 aliphatic carbocycles. The van der Waals surface area contributed by atoms with E-state index in [0.717, 1.165) is 17.5 Å². The summed E-state index contributed by atoms with van der Waals surface area (Å²) >= 11 is 6.55. The normalized spacial score (nSPS) is 12.9. The zero-order valence-electron chi connectivity index (χ0n) is 18.8. The van der Waals surface area contributed by atoms with E-state index in [-0.39, 0.29) is 11.5 Å². The molecule has 2 N–H and O–H groups in total. The number of halogens is 1. The molecule has 176 valence electrons. The molecule has 10 nitrogen and oxygen atoms in total. The summed E-state index contributed by atoms with van der Waals surface area (Å²) in [5, 5.41) is 21.5. The van der Waals surface area contributed by atoms with E-state index in [1.807, 2.05) is 38.2 Å². The number of anilines is 1. The van der Waals surface area contributed by atoms with Crippen LogP contribution in [0.1, 0.15) is 53.2 Å². The zero-order chi connectivity index (χ0) is 24.4. The van der Waals surface area contributed by atoms with Crippen LogP contribution in [-0.4, -0.2) is 35.5 Å². The first-order valence-electron chi connectivity index (χ1n) is 10.6. The first kappa shape index (κ1) is 23.2. The number of aromatic hydroxyl groups is 1. The van der Waals surface area contributed by atoms with Crippen molar-refractivity contribution in [2.45, 2.75) is 32.2 Å². The Bertz CT molecular complexity index is 1380. The molecule has 0 saturated carbocycles. The molecule has 3 aromatic heterocycles. The van der Waals surface area contributed by atoms with Crippen molar-refractivity contribution >= 4 is 23.2 Å². The molecule has 0 spiro atoms. The zero-order valence-corrected chi connectivity index (χ0v) is 19.5. The third-order valence-corrected chi connectivity index (χ3v) is 6.00. The molecule has 1 amide bonds. The van der Waals surface area contributed by atoms with Crippen LogP contribution in [0.15, 0.2) is 58.4 Å². The number of aromatic nitrogens is 5.